The monoisotopic (exact) mass is 584 g/mol. The third kappa shape index (κ3) is 9.80. The summed E-state index contributed by atoms with van der Waals surface area (Å²) < 4.78 is 36.4. The predicted molar refractivity (Wildman–Crippen MR) is 171 cm³/mol. The van der Waals surface area contributed by atoms with Crippen molar-refractivity contribution in [3.63, 3.8) is 0 Å². The van der Waals surface area contributed by atoms with Crippen LogP contribution in [0, 0.1) is 0 Å². The summed E-state index contributed by atoms with van der Waals surface area (Å²) in [4.78, 5) is 0. The molecule has 0 amide bonds. The van der Waals surface area contributed by atoms with Crippen molar-refractivity contribution >= 4 is 0 Å². The lowest BCUT2D eigenvalue weighted by Gasteiger charge is -2.30. The average molecular weight is 585 g/mol. The number of hydrogen-bond donors (Lipinski definition) is 0. The third-order valence-corrected chi connectivity index (χ3v) is 8.95. The minimum atomic E-state index is 0.110. The largest absolute Gasteiger partial charge is 0.487 e. The number of unbranched alkanes of at least 4 members (excludes halogenated alkanes) is 2. The maximum Gasteiger partial charge on any atom is 0.161 e. The van der Waals surface area contributed by atoms with E-state index in [9.17, 15) is 0 Å². The van der Waals surface area contributed by atoms with Gasteiger partial charge in [-0.1, -0.05) is 79.4 Å². The van der Waals surface area contributed by atoms with Crippen LogP contribution in [0.1, 0.15) is 104 Å². The van der Waals surface area contributed by atoms with E-state index in [0.29, 0.717) is 52.9 Å². The van der Waals surface area contributed by atoms with Gasteiger partial charge in [0.15, 0.2) is 23.0 Å². The van der Waals surface area contributed by atoms with E-state index >= 15 is 0 Å². The summed E-state index contributed by atoms with van der Waals surface area (Å²) in [6.45, 7) is 17.3. The summed E-state index contributed by atoms with van der Waals surface area (Å²) >= 11 is 0. The molecule has 0 aliphatic carbocycles. The molecule has 2 aromatic carbocycles. The lowest BCUT2D eigenvalue weighted by molar-refractivity contribution is 0.0639. The van der Waals surface area contributed by atoms with Crippen LogP contribution in [-0.2, 0) is 20.3 Å². The van der Waals surface area contributed by atoms with Crippen LogP contribution in [0.2, 0.25) is 0 Å². The third-order valence-electron chi connectivity index (χ3n) is 8.95. The molecular weight excluding hydrogens is 528 g/mol. The molecule has 2 unspecified atom stereocenters. The average Bonchev–Trinajstić information content (AvgIpc) is 3.01. The predicted octanol–water partition coefficient (Wildman–Crippen LogP) is 8.66. The van der Waals surface area contributed by atoms with Crippen LogP contribution >= 0.6 is 0 Å². The standard InChI is InChI=1S/C36H56O6/c1-7-11-17-35(5,9-3)29-13-15-31-33(27-29)41-25-21-37-20-24-40-32-16-14-30(36(6,10-4)18-12-8-2)28-34(32)42-26-22-38-19-23-39-31/h13-16,27-28H,7-12,17-26H2,1-6H3. The maximum absolute atomic E-state index is 6.21. The smallest absolute Gasteiger partial charge is 0.161 e. The van der Waals surface area contributed by atoms with Crippen molar-refractivity contribution in [2.45, 2.75) is 104 Å². The van der Waals surface area contributed by atoms with Gasteiger partial charge in [-0.2, -0.15) is 0 Å². The van der Waals surface area contributed by atoms with Crippen LogP contribution < -0.4 is 18.9 Å². The van der Waals surface area contributed by atoms with Crippen molar-refractivity contribution < 1.29 is 28.4 Å². The Morgan fingerprint density at radius 2 is 0.857 bits per heavy atom. The molecule has 2 atom stereocenters. The van der Waals surface area contributed by atoms with Crippen molar-refractivity contribution in [2.24, 2.45) is 0 Å². The van der Waals surface area contributed by atoms with Crippen LogP contribution in [0.3, 0.4) is 0 Å². The minimum Gasteiger partial charge on any atom is -0.487 e. The molecule has 1 aliphatic rings. The Kier molecular flexibility index (Phi) is 14.3. The Bertz CT molecular complexity index is 972. The zero-order valence-electron chi connectivity index (χ0n) is 27.2. The van der Waals surface area contributed by atoms with E-state index in [0.717, 1.165) is 48.7 Å². The van der Waals surface area contributed by atoms with Gasteiger partial charge >= 0.3 is 0 Å². The molecule has 42 heavy (non-hydrogen) atoms. The quantitative estimate of drug-likeness (QED) is 0.279. The van der Waals surface area contributed by atoms with E-state index in [-0.39, 0.29) is 10.8 Å². The Labute approximate surface area is 255 Å². The summed E-state index contributed by atoms with van der Waals surface area (Å²) in [6.07, 6.45) is 9.25. The highest BCUT2D eigenvalue weighted by Crippen LogP contribution is 2.39. The molecule has 0 saturated carbocycles. The van der Waals surface area contributed by atoms with Crippen molar-refractivity contribution in [2.75, 3.05) is 52.9 Å². The molecule has 236 valence electrons. The Hall–Kier alpha value is -2.44. The van der Waals surface area contributed by atoms with E-state index in [1.165, 1.54) is 36.8 Å². The van der Waals surface area contributed by atoms with Gasteiger partial charge in [-0.3, -0.25) is 0 Å². The highest BCUT2D eigenvalue weighted by Gasteiger charge is 2.26. The Balaban J connectivity index is 1.69. The number of ether oxygens (including phenoxy) is 6. The fourth-order valence-electron chi connectivity index (χ4n) is 5.46. The second-order valence-corrected chi connectivity index (χ2v) is 12.0. The maximum atomic E-state index is 6.21. The summed E-state index contributed by atoms with van der Waals surface area (Å²) in [5.74, 6) is 2.99. The fourth-order valence-corrected chi connectivity index (χ4v) is 5.46. The van der Waals surface area contributed by atoms with Gasteiger partial charge in [-0.15, -0.1) is 0 Å². The van der Waals surface area contributed by atoms with E-state index in [1.807, 2.05) is 12.1 Å². The summed E-state index contributed by atoms with van der Waals surface area (Å²) in [7, 11) is 0. The van der Waals surface area contributed by atoms with Crippen molar-refractivity contribution in [1.29, 1.82) is 0 Å². The molecule has 0 N–H and O–H groups in total. The van der Waals surface area contributed by atoms with E-state index in [4.69, 9.17) is 28.4 Å². The molecule has 0 saturated heterocycles. The van der Waals surface area contributed by atoms with Crippen LogP contribution in [-0.4, -0.2) is 52.9 Å². The van der Waals surface area contributed by atoms with Gasteiger partial charge in [-0.05, 0) is 71.9 Å². The molecule has 0 spiro atoms. The molecule has 0 fully saturated rings. The normalized spacial score (nSPS) is 18.2. The van der Waals surface area contributed by atoms with Gasteiger partial charge in [0.1, 0.15) is 26.4 Å². The SMILES string of the molecule is CCCCC(C)(CC)c1ccc2c(c1)OCCOCCOc1ccc(C(C)(CC)CCCC)cc1OCCOCCO2. The van der Waals surface area contributed by atoms with Crippen molar-refractivity contribution in [3.8, 4) is 23.0 Å². The number of hydrogen-bond acceptors (Lipinski definition) is 6. The van der Waals surface area contributed by atoms with Crippen molar-refractivity contribution in [1.82, 2.24) is 0 Å². The highest BCUT2D eigenvalue weighted by atomic mass is 16.6. The fraction of sp³-hybridized carbons (Fsp3) is 0.667. The first-order valence-electron chi connectivity index (χ1n) is 16.3. The summed E-state index contributed by atoms with van der Waals surface area (Å²) in [5, 5.41) is 0. The molecule has 3 rings (SSSR count). The molecule has 6 nitrogen and oxygen atoms in total. The van der Waals surface area contributed by atoms with Gasteiger partial charge in [0.25, 0.3) is 0 Å². The minimum absolute atomic E-state index is 0.110. The molecule has 2 aromatic rings. The van der Waals surface area contributed by atoms with Crippen LogP contribution in [0.15, 0.2) is 36.4 Å². The number of benzene rings is 2. The van der Waals surface area contributed by atoms with Crippen LogP contribution in [0.5, 0.6) is 23.0 Å². The molecule has 1 aliphatic heterocycles. The second-order valence-electron chi connectivity index (χ2n) is 12.0. The Morgan fingerprint density at radius 3 is 1.19 bits per heavy atom. The second kappa shape index (κ2) is 17.6. The van der Waals surface area contributed by atoms with Gasteiger partial charge in [0, 0.05) is 0 Å². The van der Waals surface area contributed by atoms with E-state index in [2.05, 4.69) is 65.8 Å². The van der Waals surface area contributed by atoms with Gasteiger partial charge in [0.05, 0.1) is 26.4 Å². The van der Waals surface area contributed by atoms with E-state index in [1.54, 1.807) is 0 Å². The zero-order chi connectivity index (χ0) is 30.3. The van der Waals surface area contributed by atoms with Crippen LogP contribution in [0.4, 0.5) is 0 Å². The number of fused-ring (bicyclic) bond motifs is 2. The molecule has 0 radical (unpaired) electrons. The molecule has 0 aromatic heterocycles. The van der Waals surface area contributed by atoms with E-state index < -0.39 is 0 Å². The summed E-state index contributed by atoms with van der Waals surface area (Å²) in [5.41, 5.74) is 2.80. The first-order valence-corrected chi connectivity index (χ1v) is 16.3. The highest BCUT2D eigenvalue weighted by molar-refractivity contribution is 5.46. The lowest BCUT2D eigenvalue weighted by atomic mass is 9.76. The van der Waals surface area contributed by atoms with Crippen molar-refractivity contribution in [3.05, 3.63) is 47.5 Å². The lowest BCUT2D eigenvalue weighted by Crippen LogP contribution is -2.21. The van der Waals surface area contributed by atoms with Gasteiger partial charge in [-0.25, -0.2) is 0 Å². The van der Waals surface area contributed by atoms with Crippen LogP contribution in [0.25, 0.3) is 0 Å². The first kappa shape index (κ1) is 34.1. The summed E-state index contributed by atoms with van der Waals surface area (Å²) in [6, 6.07) is 12.8. The molecule has 6 heteroatoms. The Morgan fingerprint density at radius 1 is 0.500 bits per heavy atom. The molecule has 0 bridgehead atoms. The van der Waals surface area contributed by atoms with Gasteiger partial charge in [0.2, 0.25) is 0 Å². The number of rotatable bonds is 10. The topological polar surface area (TPSA) is 55.4 Å². The van der Waals surface area contributed by atoms with Gasteiger partial charge < -0.3 is 28.4 Å². The molecule has 1 heterocycles. The first-order chi connectivity index (χ1) is 20.4. The molecular formula is C36H56O6. The zero-order valence-corrected chi connectivity index (χ0v) is 27.2.